The number of hydrogen-bond acceptors (Lipinski definition) is 3. The molecule has 92 valence electrons. The third kappa shape index (κ3) is 2.67. The number of ether oxygens (including phenoxy) is 1. The molecular formula is C14H18O3. The van der Waals surface area contributed by atoms with Crippen LogP contribution in [0.3, 0.4) is 0 Å². The van der Waals surface area contributed by atoms with Crippen molar-refractivity contribution in [3.63, 3.8) is 0 Å². The highest BCUT2D eigenvalue weighted by Gasteiger charge is 2.27. The van der Waals surface area contributed by atoms with Crippen LogP contribution in [0.25, 0.3) is 0 Å². The average molecular weight is 234 g/mol. The van der Waals surface area contributed by atoms with Gasteiger partial charge in [-0.25, -0.2) is 0 Å². The van der Waals surface area contributed by atoms with Crippen LogP contribution >= 0.6 is 0 Å². The fourth-order valence-corrected chi connectivity index (χ4v) is 2.22. The lowest BCUT2D eigenvalue weighted by molar-refractivity contribution is 0.0593. The number of ketones is 1. The number of rotatable bonds is 3. The Labute approximate surface area is 101 Å². The minimum absolute atomic E-state index is 0.00696. The number of carbonyl (C=O) groups excluding carboxylic acids is 1. The van der Waals surface area contributed by atoms with Crippen LogP contribution in [0.4, 0.5) is 0 Å². The number of aliphatic hydroxyl groups excluding tert-OH is 1. The zero-order valence-electron chi connectivity index (χ0n) is 10.3. The zero-order valence-corrected chi connectivity index (χ0v) is 10.3. The summed E-state index contributed by atoms with van der Waals surface area (Å²) in [6.07, 6.45) is 2.04. The van der Waals surface area contributed by atoms with Crippen LogP contribution in [0.5, 0.6) is 5.75 Å². The van der Waals surface area contributed by atoms with E-state index in [-0.39, 0.29) is 11.9 Å². The summed E-state index contributed by atoms with van der Waals surface area (Å²) in [5.41, 5.74) is 1.65. The molecule has 1 aliphatic rings. The van der Waals surface area contributed by atoms with E-state index in [0.717, 1.165) is 24.8 Å². The van der Waals surface area contributed by atoms with Gasteiger partial charge in [0.1, 0.15) is 11.9 Å². The molecule has 1 N–H and O–H groups in total. The van der Waals surface area contributed by atoms with Crippen molar-refractivity contribution in [1.29, 1.82) is 0 Å². The van der Waals surface area contributed by atoms with Crippen molar-refractivity contribution in [3.05, 3.63) is 29.3 Å². The Morgan fingerprint density at radius 3 is 2.76 bits per heavy atom. The number of aliphatic hydroxyl groups is 1. The van der Waals surface area contributed by atoms with E-state index in [4.69, 9.17) is 4.74 Å². The first kappa shape index (κ1) is 12.1. The minimum atomic E-state index is -0.407. The summed E-state index contributed by atoms with van der Waals surface area (Å²) in [6.45, 7) is 3.49. The Balaban J connectivity index is 2.24. The molecule has 17 heavy (non-hydrogen) atoms. The van der Waals surface area contributed by atoms with Gasteiger partial charge in [-0.05, 0) is 50.8 Å². The molecule has 1 aromatic carbocycles. The van der Waals surface area contributed by atoms with Gasteiger partial charge in [0.05, 0.1) is 11.7 Å². The van der Waals surface area contributed by atoms with Crippen molar-refractivity contribution >= 4 is 5.78 Å². The average Bonchev–Trinajstić information content (AvgIpc) is 2.64. The van der Waals surface area contributed by atoms with Gasteiger partial charge in [-0.15, -0.1) is 0 Å². The molecule has 0 saturated heterocycles. The Hall–Kier alpha value is -1.35. The van der Waals surface area contributed by atoms with Gasteiger partial charge in [-0.1, -0.05) is 6.07 Å². The van der Waals surface area contributed by atoms with Gasteiger partial charge in [-0.2, -0.15) is 0 Å². The van der Waals surface area contributed by atoms with E-state index >= 15 is 0 Å². The molecule has 1 aliphatic carbocycles. The minimum Gasteiger partial charge on any atom is -0.487 e. The lowest BCUT2D eigenvalue weighted by Crippen LogP contribution is -2.26. The van der Waals surface area contributed by atoms with Crippen molar-refractivity contribution < 1.29 is 14.6 Å². The molecule has 2 unspecified atom stereocenters. The van der Waals surface area contributed by atoms with Crippen molar-refractivity contribution in [2.45, 2.75) is 45.3 Å². The lowest BCUT2D eigenvalue weighted by Gasteiger charge is -2.19. The van der Waals surface area contributed by atoms with Crippen LogP contribution < -0.4 is 4.74 Å². The second-order valence-corrected chi connectivity index (χ2v) is 4.71. The van der Waals surface area contributed by atoms with E-state index in [1.54, 1.807) is 6.07 Å². The SMILES string of the molecule is CC(=O)c1ccc(C)cc1OC1CCCC1O. The van der Waals surface area contributed by atoms with Gasteiger partial charge in [0.15, 0.2) is 5.78 Å². The largest absolute Gasteiger partial charge is 0.487 e. The van der Waals surface area contributed by atoms with Crippen molar-refractivity contribution in [1.82, 2.24) is 0 Å². The zero-order chi connectivity index (χ0) is 12.4. The molecular weight excluding hydrogens is 216 g/mol. The molecule has 1 fully saturated rings. The molecule has 1 aromatic rings. The van der Waals surface area contributed by atoms with Crippen LogP contribution in [-0.4, -0.2) is 23.1 Å². The summed E-state index contributed by atoms with van der Waals surface area (Å²) in [6, 6.07) is 5.55. The second kappa shape index (κ2) is 4.88. The number of benzene rings is 1. The molecule has 2 atom stereocenters. The topological polar surface area (TPSA) is 46.5 Å². The fourth-order valence-electron chi connectivity index (χ4n) is 2.22. The quantitative estimate of drug-likeness (QED) is 0.817. The van der Waals surface area contributed by atoms with E-state index in [9.17, 15) is 9.90 Å². The highest BCUT2D eigenvalue weighted by atomic mass is 16.5. The van der Waals surface area contributed by atoms with E-state index < -0.39 is 6.10 Å². The Kier molecular flexibility index (Phi) is 3.48. The molecule has 3 nitrogen and oxygen atoms in total. The van der Waals surface area contributed by atoms with Crippen molar-refractivity contribution in [3.8, 4) is 5.75 Å². The van der Waals surface area contributed by atoms with Crippen LogP contribution in [-0.2, 0) is 0 Å². The Bertz CT molecular complexity index is 425. The maximum Gasteiger partial charge on any atom is 0.163 e. The Morgan fingerprint density at radius 1 is 1.41 bits per heavy atom. The third-order valence-electron chi connectivity index (χ3n) is 3.21. The van der Waals surface area contributed by atoms with Crippen molar-refractivity contribution in [2.24, 2.45) is 0 Å². The maximum atomic E-state index is 11.5. The molecule has 0 heterocycles. The van der Waals surface area contributed by atoms with Crippen LogP contribution in [0, 0.1) is 6.92 Å². The standard InChI is InChI=1S/C14H18O3/c1-9-6-7-11(10(2)15)14(8-9)17-13-5-3-4-12(13)16/h6-8,12-13,16H,3-5H2,1-2H3. The summed E-state index contributed by atoms with van der Waals surface area (Å²) >= 11 is 0. The molecule has 3 heteroatoms. The van der Waals surface area contributed by atoms with E-state index in [1.165, 1.54) is 6.92 Å². The molecule has 1 saturated carbocycles. The van der Waals surface area contributed by atoms with Gasteiger partial charge in [0.25, 0.3) is 0 Å². The van der Waals surface area contributed by atoms with Crippen LogP contribution in [0.1, 0.15) is 42.1 Å². The van der Waals surface area contributed by atoms with E-state index in [0.29, 0.717) is 11.3 Å². The molecule has 0 radical (unpaired) electrons. The number of aryl methyl sites for hydroxylation is 1. The summed E-state index contributed by atoms with van der Waals surface area (Å²) in [5, 5.41) is 9.74. The molecule has 0 aliphatic heterocycles. The smallest absolute Gasteiger partial charge is 0.163 e. The fraction of sp³-hybridized carbons (Fsp3) is 0.500. The van der Waals surface area contributed by atoms with Gasteiger partial charge in [-0.3, -0.25) is 4.79 Å². The van der Waals surface area contributed by atoms with Gasteiger partial charge >= 0.3 is 0 Å². The predicted molar refractivity (Wildman–Crippen MR) is 65.5 cm³/mol. The molecule has 0 amide bonds. The first-order valence-corrected chi connectivity index (χ1v) is 6.04. The highest BCUT2D eigenvalue weighted by molar-refractivity contribution is 5.96. The van der Waals surface area contributed by atoms with Gasteiger partial charge in [0, 0.05) is 0 Å². The first-order valence-electron chi connectivity index (χ1n) is 6.04. The van der Waals surface area contributed by atoms with E-state index in [1.807, 2.05) is 19.1 Å². The van der Waals surface area contributed by atoms with Gasteiger partial charge in [0.2, 0.25) is 0 Å². The number of Topliss-reactive ketones (excluding diaryl/α,β-unsaturated/α-hetero) is 1. The molecule has 0 spiro atoms. The number of carbonyl (C=O) groups is 1. The summed E-state index contributed by atoms with van der Waals surface area (Å²) in [4.78, 5) is 11.5. The van der Waals surface area contributed by atoms with E-state index in [2.05, 4.69) is 0 Å². The third-order valence-corrected chi connectivity index (χ3v) is 3.21. The highest BCUT2D eigenvalue weighted by Crippen LogP contribution is 2.28. The van der Waals surface area contributed by atoms with Crippen molar-refractivity contribution in [2.75, 3.05) is 0 Å². The van der Waals surface area contributed by atoms with Crippen LogP contribution in [0.2, 0.25) is 0 Å². The first-order chi connectivity index (χ1) is 8.08. The summed E-state index contributed by atoms with van der Waals surface area (Å²) < 4.78 is 5.79. The molecule has 0 aromatic heterocycles. The Morgan fingerprint density at radius 2 is 2.18 bits per heavy atom. The normalized spacial score (nSPS) is 23.7. The summed E-state index contributed by atoms with van der Waals surface area (Å²) in [7, 11) is 0. The maximum absolute atomic E-state index is 11.5. The lowest BCUT2D eigenvalue weighted by atomic mass is 10.1. The van der Waals surface area contributed by atoms with Gasteiger partial charge < -0.3 is 9.84 Å². The summed E-state index contributed by atoms with van der Waals surface area (Å²) in [5.74, 6) is 0.593. The second-order valence-electron chi connectivity index (χ2n) is 4.71. The molecule has 2 rings (SSSR count). The predicted octanol–water partition coefficient (Wildman–Crippen LogP) is 2.49. The van der Waals surface area contributed by atoms with Crippen LogP contribution in [0.15, 0.2) is 18.2 Å². The molecule has 0 bridgehead atoms. The number of hydrogen-bond donors (Lipinski definition) is 1. The monoisotopic (exact) mass is 234 g/mol.